The zero-order valence-electron chi connectivity index (χ0n) is 11.0. The summed E-state index contributed by atoms with van der Waals surface area (Å²) in [5.41, 5.74) is 0.997. The molecule has 3 nitrogen and oxygen atoms in total. The van der Waals surface area contributed by atoms with Crippen molar-refractivity contribution in [3.8, 4) is 0 Å². The third-order valence-electron chi connectivity index (χ3n) is 3.02. The van der Waals surface area contributed by atoms with E-state index < -0.39 is 12.0 Å². The average molecular weight is 253 g/mol. The molecule has 0 amide bonds. The van der Waals surface area contributed by atoms with Gasteiger partial charge in [-0.1, -0.05) is 32.9 Å². The average Bonchev–Trinajstić information content (AvgIpc) is 2.28. The topological polar surface area (TPSA) is 49.3 Å². The van der Waals surface area contributed by atoms with Crippen LogP contribution in [0.2, 0.25) is 0 Å². The molecule has 1 aromatic rings. The van der Waals surface area contributed by atoms with Gasteiger partial charge in [-0.2, -0.15) is 0 Å². The molecule has 18 heavy (non-hydrogen) atoms. The lowest BCUT2D eigenvalue weighted by Crippen LogP contribution is -2.42. The molecule has 0 radical (unpaired) electrons. The highest BCUT2D eigenvalue weighted by molar-refractivity contribution is 5.73. The van der Waals surface area contributed by atoms with E-state index in [0.717, 1.165) is 5.56 Å². The second-order valence-electron chi connectivity index (χ2n) is 4.92. The highest BCUT2D eigenvalue weighted by Gasteiger charge is 2.21. The number of carbonyl (C=O) groups is 1. The predicted molar refractivity (Wildman–Crippen MR) is 69.1 cm³/mol. The van der Waals surface area contributed by atoms with E-state index in [4.69, 9.17) is 5.11 Å². The molecular weight excluding hydrogens is 233 g/mol. The normalized spacial score (nSPS) is 14.5. The Labute approximate surface area is 107 Å². The Morgan fingerprint density at radius 1 is 1.28 bits per heavy atom. The number of hydrogen-bond donors (Lipinski definition) is 2. The number of carboxylic acids is 1. The van der Waals surface area contributed by atoms with E-state index in [2.05, 4.69) is 5.32 Å². The van der Waals surface area contributed by atoms with Gasteiger partial charge >= 0.3 is 5.97 Å². The molecule has 0 bridgehead atoms. The van der Waals surface area contributed by atoms with E-state index in [1.54, 1.807) is 12.1 Å². The van der Waals surface area contributed by atoms with Crippen molar-refractivity contribution in [1.29, 1.82) is 0 Å². The molecule has 0 aromatic heterocycles. The van der Waals surface area contributed by atoms with E-state index in [9.17, 15) is 9.18 Å². The summed E-state index contributed by atoms with van der Waals surface area (Å²) in [5, 5.41) is 12.1. The summed E-state index contributed by atoms with van der Waals surface area (Å²) in [5.74, 6) is -0.921. The lowest BCUT2D eigenvalue weighted by molar-refractivity contribution is -0.140. The molecule has 1 rings (SSSR count). The van der Waals surface area contributed by atoms with Crippen LogP contribution in [0.25, 0.3) is 0 Å². The van der Waals surface area contributed by atoms with Crippen LogP contribution in [0.4, 0.5) is 4.39 Å². The van der Waals surface area contributed by atoms with Crippen molar-refractivity contribution in [3.05, 3.63) is 35.6 Å². The fraction of sp³-hybridized carbons (Fsp3) is 0.500. The van der Waals surface area contributed by atoms with Gasteiger partial charge in [-0.3, -0.25) is 4.79 Å². The number of nitrogens with one attached hydrogen (secondary N) is 1. The maximum atomic E-state index is 12.8. The van der Waals surface area contributed by atoms with E-state index in [1.165, 1.54) is 12.1 Å². The van der Waals surface area contributed by atoms with Crippen molar-refractivity contribution >= 4 is 5.97 Å². The Balaban J connectivity index is 2.57. The molecule has 1 aromatic carbocycles. The zero-order valence-corrected chi connectivity index (χ0v) is 11.0. The van der Waals surface area contributed by atoms with Crippen molar-refractivity contribution in [3.63, 3.8) is 0 Å². The molecular formula is C14H20FNO2. The molecule has 0 saturated heterocycles. The van der Waals surface area contributed by atoms with Crippen LogP contribution < -0.4 is 5.32 Å². The fourth-order valence-corrected chi connectivity index (χ4v) is 1.82. The Kier molecular flexibility index (Phi) is 5.28. The second kappa shape index (κ2) is 6.50. The summed E-state index contributed by atoms with van der Waals surface area (Å²) in [4.78, 5) is 11.0. The number of hydrogen-bond acceptors (Lipinski definition) is 2. The second-order valence-corrected chi connectivity index (χ2v) is 4.92. The molecule has 0 heterocycles. The molecule has 4 heteroatoms. The van der Waals surface area contributed by atoms with Gasteiger partial charge in [-0.25, -0.2) is 4.39 Å². The Morgan fingerprint density at radius 2 is 1.83 bits per heavy atom. The smallest absolute Gasteiger partial charge is 0.320 e. The number of benzene rings is 1. The standard InChI is InChI=1S/C14H20FNO2/c1-9(2)13(14(17)18)16-8-10(3)11-4-6-12(15)7-5-11/h4-7,9-10,13,16H,8H2,1-3H3,(H,17,18)/t10?,13-/m1/s1. The molecule has 0 fully saturated rings. The van der Waals surface area contributed by atoms with E-state index in [1.807, 2.05) is 20.8 Å². The third-order valence-corrected chi connectivity index (χ3v) is 3.02. The van der Waals surface area contributed by atoms with Gasteiger partial charge in [0.1, 0.15) is 11.9 Å². The molecule has 0 aliphatic rings. The number of rotatable bonds is 6. The summed E-state index contributed by atoms with van der Waals surface area (Å²) in [7, 11) is 0. The first-order chi connectivity index (χ1) is 8.41. The molecule has 1 unspecified atom stereocenters. The molecule has 0 aliphatic carbocycles. The Morgan fingerprint density at radius 3 is 2.28 bits per heavy atom. The fourth-order valence-electron chi connectivity index (χ4n) is 1.82. The zero-order chi connectivity index (χ0) is 13.7. The van der Waals surface area contributed by atoms with Crippen molar-refractivity contribution in [2.24, 2.45) is 5.92 Å². The van der Waals surface area contributed by atoms with Crippen LogP contribution in [0, 0.1) is 11.7 Å². The first-order valence-corrected chi connectivity index (χ1v) is 6.13. The van der Waals surface area contributed by atoms with Gasteiger partial charge in [0.2, 0.25) is 0 Å². The monoisotopic (exact) mass is 253 g/mol. The summed E-state index contributed by atoms with van der Waals surface area (Å²) < 4.78 is 12.8. The van der Waals surface area contributed by atoms with Gasteiger partial charge in [-0.05, 0) is 29.5 Å². The SMILES string of the molecule is CC(CN[C@@H](C(=O)O)C(C)C)c1ccc(F)cc1. The molecule has 0 spiro atoms. The molecule has 0 saturated carbocycles. The van der Waals surface area contributed by atoms with Gasteiger partial charge in [0.05, 0.1) is 0 Å². The summed E-state index contributed by atoms with van der Waals surface area (Å²) in [6.07, 6.45) is 0. The van der Waals surface area contributed by atoms with Crippen LogP contribution in [0.5, 0.6) is 0 Å². The Hall–Kier alpha value is -1.42. The Bertz CT molecular complexity index is 389. The van der Waals surface area contributed by atoms with Crippen LogP contribution in [-0.2, 0) is 4.79 Å². The predicted octanol–water partition coefficient (Wildman–Crippen LogP) is 2.63. The summed E-state index contributed by atoms with van der Waals surface area (Å²) >= 11 is 0. The number of halogens is 1. The highest BCUT2D eigenvalue weighted by Crippen LogP contribution is 2.15. The first-order valence-electron chi connectivity index (χ1n) is 6.13. The van der Waals surface area contributed by atoms with E-state index >= 15 is 0 Å². The van der Waals surface area contributed by atoms with Gasteiger partial charge < -0.3 is 10.4 Å². The third kappa shape index (κ3) is 4.11. The minimum absolute atomic E-state index is 0.0305. The molecule has 100 valence electrons. The maximum absolute atomic E-state index is 12.8. The first kappa shape index (κ1) is 14.6. The summed E-state index contributed by atoms with van der Waals surface area (Å²) in [6.45, 7) is 6.28. The molecule has 2 atom stereocenters. The van der Waals surface area contributed by atoms with Crippen molar-refractivity contribution in [1.82, 2.24) is 5.32 Å². The number of aliphatic carboxylic acids is 1. The number of carboxylic acid groups (broad SMARTS) is 1. The minimum Gasteiger partial charge on any atom is -0.480 e. The van der Waals surface area contributed by atoms with Crippen LogP contribution in [-0.4, -0.2) is 23.7 Å². The van der Waals surface area contributed by atoms with Crippen molar-refractivity contribution in [2.45, 2.75) is 32.7 Å². The largest absolute Gasteiger partial charge is 0.480 e. The van der Waals surface area contributed by atoms with Gasteiger partial charge in [0.15, 0.2) is 0 Å². The van der Waals surface area contributed by atoms with Crippen molar-refractivity contribution in [2.75, 3.05) is 6.54 Å². The maximum Gasteiger partial charge on any atom is 0.320 e. The molecule has 2 N–H and O–H groups in total. The van der Waals surface area contributed by atoms with Crippen LogP contribution in [0.1, 0.15) is 32.3 Å². The van der Waals surface area contributed by atoms with E-state index in [0.29, 0.717) is 6.54 Å². The lowest BCUT2D eigenvalue weighted by Gasteiger charge is -2.21. The van der Waals surface area contributed by atoms with Crippen molar-refractivity contribution < 1.29 is 14.3 Å². The highest BCUT2D eigenvalue weighted by atomic mass is 19.1. The van der Waals surface area contributed by atoms with Crippen LogP contribution in [0.3, 0.4) is 0 Å². The quantitative estimate of drug-likeness (QED) is 0.819. The lowest BCUT2D eigenvalue weighted by atomic mass is 9.99. The van der Waals surface area contributed by atoms with Gasteiger partial charge in [0, 0.05) is 6.54 Å². The molecule has 0 aliphatic heterocycles. The van der Waals surface area contributed by atoms with E-state index in [-0.39, 0.29) is 17.7 Å². The summed E-state index contributed by atoms with van der Waals surface area (Å²) in [6, 6.07) is 5.75. The van der Waals surface area contributed by atoms with Crippen LogP contribution >= 0.6 is 0 Å². The van der Waals surface area contributed by atoms with Gasteiger partial charge in [-0.15, -0.1) is 0 Å². The van der Waals surface area contributed by atoms with Crippen LogP contribution in [0.15, 0.2) is 24.3 Å². The minimum atomic E-state index is -0.837. The van der Waals surface area contributed by atoms with Gasteiger partial charge in [0.25, 0.3) is 0 Å².